The third kappa shape index (κ3) is 10.4. The molecule has 1 aliphatic carbocycles. The number of halogens is 1. The summed E-state index contributed by atoms with van der Waals surface area (Å²) in [5, 5.41) is 60.8. The van der Waals surface area contributed by atoms with Crippen LogP contribution in [0.2, 0.25) is 0 Å². The van der Waals surface area contributed by atoms with Crippen LogP contribution in [0.1, 0.15) is 113 Å². The molecular formula is C61H73FN6O15. The first kappa shape index (κ1) is 58.8. The van der Waals surface area contributed by atoms with E-state index in [1.807, 2.05) is 4.90 Å². The van der Waals surface area contributed by atoms with Crippen molar-refractivity contribution < 1.29 is 72.8 Å². The third-order valence-corrected chi connectivity index (χ3v) is 18.0. The third-order valence-electron chi connectivity index (χ3n) is 18.0. The van der Waals surface area contributed by atoms with Gasteiger partial charge in [-0.3, -0.25) is 24.2 Å². The number of aliphatic hydroxyl groups is 2. The van der Waals surface area contributed by atoms with Gasteiger partial charge in [0.1, 0.15) is 45.2 Å². The van der Waals surface area contributed by atoms with E-state index in [4.69, 9.17) is 28.7 Å². The number of likely N-dealkylation sites (tertiary alicyclic amines) is 1. The number of nitrogens with zero attached hydrogens (tertiary/aromatic N) is 5. The number of ketones is 1. The van der Waals surface area contributed by atoms with E-state index in [-0.39, 0.29) is 78.4 Å². The van der Waals surface area contributed by atoms with E-state index < -0.39 is 111 Å². The summed E-state index contributed by atoms with van der Waals surface area (Å²) in [5.41, 5.74) is -1.21. The summed E-state index contributed by atoms with van der Waals surface area (Å²) < 4.78 is 48.1. The summed E-state index contributed by atoms with van der Waals surface area (Å²) >= 11 is 0. The number of amides is 1. The number of ether oxygens (including phenoxy) is 5. The smallest absolute Gasteiger partial charge is 0.341 e. The van der Waals surface area contributed by atoms with Crippen LogP contribution in [0.15, 0.2) is 63.2 Å². The molecule has 7 aliphatic rings. The number of anilines is 2. The highest BCUT2D eigenvalue weighted by Crippen LogP contribution is 2.52. The number of carbonyl (C=O) groups excluding carboxylic acids is 3. The number of piperidine rings is 1. The minimum Gasteiger partial charge on any atom is -0.507 e. The van der Waals surface area contributed by atoms with Crippen LogP contribution < -0.4 is 35.8 Å². The maximum Gasteiger partial charge on any atom is 0.341 e. The number of aliphatic hydroxyl groups excluding tert-OH is 2. The maximum absolute atomic E-state index is 16.3. The van der Waals surface area contributed by atoms with Crippen molar-refractivity contribution in [1.82, 2.24) is 9.47 Å². The fraction of sp³-hybridized carbons (Fsp3) is 0.525. The Morgan fingerprint density at radius 1 is 0.928 bits per heavy atom. The number of carboxylic acid groups (broad SMARTS) is 1. The average Bonchev–Trinajstić information content (AvgIpc) is 1.79. The van der Waals surface area contributed by atoms with Crippen LogP contribution >= 0.6 is 0 Å². The Morgan fingerprint density at radius 2 is 1.64 bits per heavy atom. The largest absolute Gasteiger partial charge is 0.507 e. The monoisotopic (exact) mass is 1150 g/mol. The number of nitrogens with one attached hydrogen (secondary N) is 1. The molecule has 3 aromatic carbocycles. The lowest BCUT2D eigenvalue weighted by Gasteiger charge is -2.39. The van der Waals surface area contributed by atoms with Crippen LogP contribution in [0, 0.1) is 42.3 Å². The normalized spacial score (nSPS) is 28.4. The number of rotatable bonds is 8. The van der Waals surface area contributed by atoms with Crippen LogP contribution in [0.5, 0.6) is 23.0 Å². The van der Waals surface area contributed by atoms with E-state index in [9.17, 15) is 44.7 Å². The van der Waals surface area contributed by atoms with E-state index in [2.05, 4.69) is 15.2 Å². The first-order valence-corrected chi connectivity index (χ1v) is 28.3. The zero-order valence-corrected chi connectivity index (χ0v) is 48.3. The number of aromatic nitrogens is 1. The van der Waals surface area contributed by atoms with Crippen molar-refractivity contribution >= 4 is 56.7 Å². The second-order valence-corrected chi connectivity index (χ2v) is 23.6. The van der Waals surface area contributed by atoms with Crippen LogP contribution in [0.25, 0.3) is 21.7 Å². The van der Waals surface area contributed by atoms with E-state index in [1.165, 1.54) is 66.5 Å². The Balaban J connectivity index is 0.984. The first-order valence-electron chi connectivity index (χ1n) is 28.3. The number of phenolic OH excluding ortho intramolecular Hbond substituents is 2. The van der Waals surface area contributed by atoms with E-state index in [1.54, 1.807) is 44.4 Å². The first-order chi connectivity index (χ1) is 39.3. The van der Waals surface area contributed by atoms with Gasteiger partial charge in [-0.15, -0.1) is 0 Å². The number of aromatic carboxylic acids is 1. The van der Waals surface area contributed by atoms with Crippen molar-refractivity contribution in [2.75, 3.05) is 57.2 Å². The van der Waals surface area contributed by atoms with Gasteiger partial charge in [0.2, 0.25) is 5.43 Å². The number of aromatic hydroxyl groups is 2. The topological polar surface area (TPSA) is 281 Å². The SMILES string of the molecule is COc1c(N2CCC(CN3CCC4(CC3)N=c3c(c5c6c7c(C)c(O)c5c(O)c3=NC(=O)C(C)=CC=C[C@H](C)[C@H](O)[C@@H](C)[C@@H](O)[C@@H](C)[C@H](OC(C)=O)[C@H](C)[C@@H](OC)C=CO[C@@](C)(O7)C6=O)N4)C2)c(F)cc2c(=O)c(C(=O)O)cn(C3CC3)c12. The van der Waals surface area contributed by atoms with E-state index >= 15 is 9.18 Å². The lowest BCUT2D eigenvalue weighted by atomic mass is 9.78. The van der Waals surface area contributed by atoms with Crippen molar-refractivity contribution in [3.63, 3.8) is 0 Å². The summed E-state index contributed by atoms with van der Waals surface area (Å²) in [4.78, 5) is 81.1. The molecule has 0 radical (unpaired) electrons. The number of allylic oxidation sites excluding steroid dienone is 2. The Hall–Kier alpha value is -7.40. The number of pyridine rings is 1. The number of esters is 1. The molecule has 4 aromatic rings. The molecule has 22 heteroatoms. The minimum absolute atomic E-state index is 0.0109. The molecule has 7 heterocycles. The fourth-order valence-electron chi connectivity index (χ4n) is 13.0. The van der Waals surface area contributed by atoms with Gasteiger partial charge in [-0.05, 0) is 51.2 Å². The van der Waals surface area contributed by atoms with Gasteiger partial charge >= 0.3 is 17.7 Å². The molecule has 444 valence electrons. The molecule has 1 unspecified atom stereocenters. The molecule has 3 fully saturated rings. The van der Waals surface area contributed by atoms with Gasteiger partial charge in [-0.2, -0.15) is 0 Å². The van der Waals surface area contributed by atoms with Crippen LogP contribution in [0.4, 0.5) is 15.8 Å². The highest BCUT2D eigenvalue weighted by atomic mass is 19.1. The van der Waals surface area contributed by atoms with Gasteiger partial charge in [-0.25, -0.2) is 14.2 Å². The van der Waals surface area contributed by atoms with E-state index in [0.717, 1.165) is 18.9 Å². The molecule has 2 saturated heterocycles. The van der Waals surface area contributed by atoms with Gasteiger partial charge in [0.05, 0.1) is 59.2 Å². The standard InChI is InChI=1S/C61H73FN6O15/c1-28-12-11-13-29(2)58(76)63-46-45-44(41-42(53(46)74)51(72)33(6)55-43(41)57(75)60(8,83-55)81-23-17-40(79-9)30(3)54(82-34(7)69)32(5)50(71)31(4)49(28)70)64-61(65-45)18-21-66(22-19-61)25-35-16-20-67(26-35)48-39(62)24-37-47(56(48)80-10)68(36-14-15-36)27-38(52(37)73)59(77)78/h11-13,17,23-24,27-28,30-32,35-36,40,49-50,54,64,70-72,74H,14-16,18-22,25-26H2,1-10H3,(H,77,78)/t28-,30+,31+,32+,35?,40-,49-,50+,54+,60-/m0/s1. The molecule has 1 saturated carbocycles. The summed E-state index contributed by atoms with van der Waals surface area (Å²) in [6.07, 6.45) is 7.99. The molecule has 1 amide bonds. The highest BCUT2D eigenvalue weighted by Gasteiger charge is 2.51. The molecule has 1 spiro atoms. The summed E-state index contributed by atoms with van der Waals surface area (Å²) in [6, 6.07) is 1.08. The van der Waals surface area contributed by atoms with Crippen molar-refractivity contribution in [1.29, 1.82) is 0 Å². The molecule has 10 atom stereocenters. The molecule has 21 nitrogen and oxygen atoms in total. The molecular weight excluding hydrogens is 1080 g/mol. The van der Waals surface area contributed by atoms with Crippen LogP contribution in [-0.4, -0.2) is 141 Å². The van der Waals surface area contributed by atoms with Gasteiger partial charge in [0, 0.05) is 119 Å². The molecule has 1 aromatic heterocycles. The van der Waals surface area contributed by atoms with Crippen molar-refractivity contribution in [2.24, 2.45) is 39.6 Å². The van der Waals surface area contributed by atoms with Crippen LogP contribution in [0.3, 0.4) is 0 Å². The number of carbonyl (C=O) groups is 4. The molecule has 6 N–H and O–H groups in total. The minimum atomic E-state index is -2.04. The summed E-state index contributed by atoms with van der Waals surface area (Å²) in [5.74, 6) is -9.49. The number of benzene rings is 3. The number of carboxylic acids is 1. The molecule has 5 bridgehead atoms. The van der Waals surface area contributed by atoms with E-state index in [0.29, 0.717) is 57.5 Å². The quantitative estimate of drug-likeness (QED) is 0.0857. The Bertz CT molecular complexity index is 3640. The van der Waals surface area contributed by atoms with Gasteiger partial charge in [0.25, 0.3) is 11.7 Å². The number of Topliss-reactive ketones (excluding diaryl/α,β-unsaturated/α-hetero) is 1. The average molecular weight is 1150 g/mol. The lowest BCUT2D eigenvalue weighted by Crippen LogP contribution is -2.48. The zero-order valence-electron chi connectivity index (χ0n) is 48.3. The predicted octanol–water partition coefficient (Wildman–Crippen LogP) is 6.12. The second kappa shape index (κ2) is 22.3. The number of fused-ring (bicyclic) bond motifs is 14. The molecule has 11 rings (SSSR count). The zero-order chi connectivity index (χ0) is 59.9. The fourth-order valence-corrected chi connectivity index (χ4v) is 13.0. The molecule has 83 heavy (non-hydrogen) atoms. The van der Waals surface area contributed by atoms with Gasteiger partial charge in [-0.1, -0.05) is 45.9 Å². The van der Waals surface area contributed by atoms with Crippen molar-refractivity contribution in [3.8, 4) is 23.0 Å². The summed E-state index contributed by atoms with van der Waals surface area (Å²) in [7, 11) is 2.87. The lowest BCUT2D eigenvalue weighted by molar-refractivity contribution is -0.160. The molecule has 6 aliphatic heterocycles. The van der Waals surface area contributed by atoms with Gasteiger partial charge in [0.15, 0.2) is 17.3 Å². The Kier molecular flexibility index (Phi) is 15.8. The number of hydrogen-bond acceptors (Lipinski definition) is 18. The highest BCUT2D eigenvalue weighted by molar-refractivity contribution is 6.21. The number of methoxy groups -OCH3 is 2. The second-order valence-electron chi connectivity index (χ2n) is 23.6. The number of hydrogen-bond donors (Lipinski definition) is 6. The Labute approximate surface area is 478 Å². The summed E-state index contributed by atoms with van der Waals surface area (Å²) in [6.45, 7) is 15.3. The maximum atomic E-state index is 16.3. The van der Waals surface area contributed by atoms with Crippen molar-refractivity contribution in [3.05, 3.63) is 91.8 Å². The number of phenols is 2. The van der Waals surface area contributed by atoms with Gasteiger partial charge < -0.3 is 68.9 Å². The van der Waals surface area contributed by atoms with Crippen molar-refractivity contribution in [2.45, 2.75) is 129 Å². The van der Waals surface area contributed by atoms with Crippen LogP contribution in [-0.2, 0) is 23.8 Å². The predicted molar refractivity (Wildman–Crippen MR) is 303 cm³/mol. The Morgan fingerprint density at radius 3 is 2.29 bits per heavy atom.